The molecule has 1 aliphatic carbocycles. The van der Waals surface area contributed by atoms with Crippen LogP contribution in [-0.4, -0.2) is 28.9 Å². The van der Waals surface area contributed by atoms with Gasteiger partial charge in [0, 0.05) is 5.71 Å². The summed E-state index contributed by atoms with van der Waals surface area (Å²) in [7, 11) is 0. The Kier molecular flexibility index (Phi) is 5.91. The van der Waals surface area contributed by atoms with Crippen LogP contribution in [0.1, 0.15) is 63.5 Å². The highest BCUT2D eigenvalue weighted by molar-refractivity contribution is 6.08. The van der Waals surface area contributed by atoms with Gasteiger partial charge in [0.1, 0.15) is 17.8 Å². The molecular weight excluding hydrogens is 332 g/mol. The largest absolute Gasteiger partial charge is 0.508 e. The van der Waals surface area contributed by atoms with Crippen molar-refractivity contribution in [2.24, 2.45) is 10.9 Å². The number of phenolic OH excluding ortho intramolecular Hbond substituents is 1. The molecule has 0 bridgehead atoms. The molecule has 1 heterocycles. The number of ether oxygens (including phenoxy) is 1. The molecule has 1 saturated carbocycles. The van der Waals surface area contributed by atoms with Gasteiger partial charge in [-0.05, 0) is 50.3 Å². The second-order valence-corrected chi connectivity index (χ2v) is 7.15. The van der Waals surface area contributed by atoms with Gasteiger partial charge in [0.15, 0.2) is 0 Å². The summed E-state index contributed by atoms with van der Waals surface area (Å²) in [6, 6.07) is 5.49. The number of nitrogens with one attached hydrogen (secondary N) is 1. The van der Waals surface area contributed by atoms with Gasteiger partial charge in [-0.1, -0.05) is 31.4 Å². The molecule has 2 N–H and O–H groups in total. The normalized spacial score (nSPS) is 24.8. The van der Waals surface area contributed by atoms with Gasteiger partial charge in [-0.3, -0.25) is 4.79 Å². The summed E-state index contributed by atoms with van der Waals surface area (Å²) in [5, 5.41) is 12.3. The van der Waals surface area contributed by atoms with Crippen molar-refractivity contribution >= 4 is 17.7 Å². The predicted molar refractivity (Wildman–Crippen MR) is 98.2 cm³/mol. The second-order valence-electron chi connectivity index (χ2n) is 7.15. The first-order chi connectivity index (χ1) is 12.5. The van der Waals surface area contributed by atoms with Crippen molar-refractivity contribution in [2.75, 3.05) is 0 Å². The fourth-order valence-corrected chi connectivity index (χ4v) is 3.76. The van der Waals surface area contributed by atoms with E-state index in [1.54, 1.807) is 31.2 Å². The van der Waals surface area contributed by atoms with Gasteiger partial charge < -0.3 is 15.2 Å². The Labute approximate surface area is 153 Å². The molecule has 1 aromatic rings. The Morgan fingerprint density at radius 1 is 1.12 bits per heavy atom. The summed E-state index contributed by atoms with van der Waals surface area (Å²) >= 11 is 0. The number of carbonyl (C=O) groups is 2. The number of nitrogens with zero attached hydrogens (tertiary/aromatic N) is 1. The third-order valence-electron chi connectivity index (χ3n) is 5.18. The zero-order valence-corrected chi connectivity index (χ0v) is 15.1. The highest BCUT2D eigenvalue weighted by Crippen LogP contribution is 2.30. The van der Waals surface area contributed by atoms with Crippen LogP contribution in [0, 0.1) is 5.92 Å². The predicted octanol–water partition coefficient (Wildman–Crippen LogP) is 3.89. The molecule has 3 rings (SSSR count). The molecule has 26 heavy (non-hydrogen) atoms. The van der Waals surface area contributed by atoms with Gasteiger partial charge in [0.2, 0.25) is 0 Å². The van der Waals surface area contributed by atoms with Crippen LogP contribution in [0.4, 0.5) is 4.79 Å². The fraction of sp³-hybridized carbons (Fsp3) is 0.550. The SMILES string of the molecule is CC1=NC(=O)NC(c2ccc(O)cc2)C1C(=O)OC1CCCCCCC1. The van der Waals surface area contributed by atoms with Crippen LogP contribution in [-0.2, 0) is 9.53 Å². The average molecular weight is 358 g/mol. The third kappa shape index (κ3) is 4.42. The molecular formula is C20H26N2O4. The minimum absolute atomic E-state index is 0.0614. The maximum atomic E-state index is 12.9. The van der Waals surface area contributed by atoms with Gasteiger partial charge in [-0.2, -0.15) is 0 Å². The maximum Gasteiger partial charge on any atom is 0.341 e. The Bertz CT molecular complexity index is 676. The van der Waals surface area contributed by atoms with Crippen LogP contribution >= 0.6 is 0 Å². The fourth-order valence-electron chi connectivity index (χ4n) is 3.76. The number of urea groups is 1. The number of phenols is 1. The number of esters is 1. The Balaban J connectivity index is 1.78. The van der Waals surface area contributed by atoms with Crippen molar-refractivity contribution in [3.05, 3.63) is 29.8 Å². The summed E-state index contributed by atoms with van der Waals surface area (Å²) in [5.41, 5.74) is 1.20. The molecule has 0 spiro atoms. The van der Waals surface area contributed by atoms with Crippen molar-refractivity contribution < 1.29 is 19.4 Å². The topological polar surface area (TPSA) is 88.0 Å². The quantitative estimate of drug-likeness (QED) is 0.802. The molecule has 2 unspecified atom stereocenters. The lowest BCUT2D eigenvalue weighted by molar-refractivity contribution is -0.153. The van der Waals surface area contributed by atoms with E-state index in [1.807, 2.05) is 0 Å². The molecule has 1 aromatic carbocycles. The lowest BCUT2D eigenvalue weighted by atomic mass is 9.88. The molecule has 0 aromatic heterocycles. The molecule has 6 heteroatoms. The Morgan fingerprint density at radius 3 is 2.38 bits per heavy atom. The molecule has 1 fully saturated rings. The number of benzene rings is 1. The standard InChI is InChI=1S/C20H26N2O4/c1-13-17(19(24)26-16-7-5-3-2-4-6-8-16)18(22-20(25)21-13)14-9-11-15(23)12-10-14/h9-12,16-18,23H,2-8H2,1H3,(H,22,25). The van der Waals surface area contributed by atoms with Gasteiger partial charge >= 0.3 is 12.0 Å². The van der Waals surface area contributed by atoms with Crippen molar-refractivity contribution in [3.63, 3.8) is 0 Å². The second kappa shape index (κ2) is 8.34. The minimum Gasteiger partial charge on any atom is -0.508 e. The molecule has 140 valence electrons. The monoisotopic (exact) mass is 358 g/mol. The van der Waals surface area contributed by atoms with Crippen molar-refractivity contribution in [2.45, 2.75) is 64.0 Å². The van der Waals surface area contributed by atoms with E-state index in [9.17, 15) is 14.7 Å². The number of amides is 2. The average Bonchev–Trinajstić information content (AvgIpc) is 2.57. The molecule has 2 aliphatic rings. The molecule has 1 aliphatic heterocycles. The maximum absolute atomic E-state index is 12.9. The van der Waals surface area contributed by atoms with Crippen LogP contribution in [0.5, 0.6) is 5.75 Å². The van der Waals surface area contributed by atoms with Gasteiger partial charge in [0.25, 0.3) is 0 Å². The van der Waals surface area contributed by atoms with Crippen LogP contribution in [0.15, 0.2) is 29.3 Å². The molecule has 2 amide bonds. The summed E-state index contributed by atoms with van der Waals surface area (Å²) in [4.78, 5) is 28.7. The third-order valence-corrected chi connectivity index (χ3v) is 5.18. The number of aromatic hydroxyl groups is 1. The van der Waals surface area contributed by atoms with Crippen LogP contribution < -0.4 is 5.32 Å². The Morgan fingerprint density at radius 2 is 1.73 bits per heavy atom. The number of hydrogen-bond donors (Lipinski definition) is 2. The first-order valence-corrected chi connectivity index (χ1v) is 9.39. The number of carbonyl (C=O) groups excluding carboxylic acids is 2. The lowest BCUT2D eigenvalue weighted by Crippen LogP contribution is -2.45. The van der Waals surface area contributed by atoms with Gasteiger partial charge in [-0.25, -0.2) is 9.79 Å². The van der Waals surface area contributed by atoms with E-state index in [-0.39, 0.29) is 17.8 Å². The van der Waals surface area contributed by atoms with E-state index < -0.39 is 18.0 Å². The van der Waals surface area contributed by atoms with E-state index in [0.29, 0.717) is 5.71 Å². The molecule has 6 nitrogen and oxygen atoms in total. The van der Waals surface area contributed by atoms with Crippen LogP contribution in [0.2, 0.25) is 0 Å². The first-order valence-electron chi connectivity index (χ1n) is 9.39. The minimum atomic E-state index is -0.650. The van der Waals surface area contributed by atoms with Crippen LogP contribution in [0.25, 0.3) is 0 Å². The number of aliphatic imine (C=N–C) groups is 1. The van der Waals surface area contributed by atoms with Crippen molar-refractivity contribution in [1.82, 2.24) is 5.32 Å². The molecule has 2 atom stereocenters. The van der Waals surface area contributed by atoms with E-state index in [0.717, 1.165) is 31.2 Å². The summed E-state index contributed by atoms with van der Waals surface area (Å²) in [6.07, 6.45) is 7.50. The van der Waals surface area contributed by atoms with E-state index in [2.05, 4.69) is 10.3 Å². The van der Waals surface area contributed by atoms with Crippen molar-refractivity contribution in [1.29, 1.82) is 0 Å². The smallest absolute Gasteiger partial charge is 0.341 e. The zero-order valence-electron chi connectivity index (χ0n) is 15.1. The highest BCUT2D eigenvalue weighted by atomic mass is 16.5. The highest BCUT2D eigenvalue weighted by Gasteiger charge is 2.38. The van der Waals surface area contributed by atoms with E-state index in [1.165, 1.54) is 19.3 Å². The van der Waals surface area contributed by atoms with Gasteiger partial charge in [-0.15, -0.1) is 0 Å². The number of hydrogen-bond acceptors (Lipinski definition) is 4. The first kappa shape index (κ1) is 18.4. The molecule has 0 saturated heterocycles. The Hall–Kier alpha value is -2.37. The zero-order chi connectivity index (χ0) is 18.5. The number of rotatable bonds is 3. The summed E-state index contributed by atoms with van der Waals surface area (Å²) < 4.78 is 5.83. The van der Waals surface area contributed by atoms with Gasteiger partial charge in [0.05, 0.1) is 6.04 Å². The van der Waals surface area contributed by atoms with E-state index in [4.69, 9.17) is 4.74 Å². The molecule has 0 radical (unpaired) electrons. The lowest BCUT2D eigenvalue weighted by Gasteiger charge is -2.31. The summed E-state index contributed by atoms with van der Waals surface area (Å²) in [6.45, 7) is 1.69. The summed E-state index contributed by atoms with van der Waals surface area (Å²) in [5.74, 6) is -0.854. The van der Waals surface area contributed by atoms with E-state index >= 15 is 0 Å². The van der Waals surface area contributed by atoms with Crippen molar-refractivity contribution in [3.8, 4) is 5.75 Å². The van der Waals surface area contributed by atoms with Crippen LogP contribution in [0.3, 0.4) is 0 Å².